The van der Waals surface area contributed by atoms with Crippen LogP contribution in [0.3, 0.4) is 0 Å². The molecule has 0 spiro atoms. The van der Waals surface area contributed by atoms with E-state index in [0.717, 1.165) is 0 Å². The van der Waals surface area contributed by atoms with Gasteiger partial charge in [0.05, 0.1) is 0 Å². The summed E-state index contributed by atoms with van der Waals surface area (Å²) in [6.07, 6.45) is 1.48. The number of hydrogen-bond donors (Lipinski definition) is 1. The standard InChI is InChI=1S/C12H17N3O3/c1-4-18-8-11(16)14-9-5-6-13-10(7-9)12(17)15(2)3/h5-7H,4,8H2,1-3H3,(H,13,14,16). The number of ether oxygens (including phenoxy) is 1. The Morgan fingerprint density at radius 3 is 2.78 bits per heavy atom. The Kier molecular flexibility index (Phi) is 5.26. The lowest BCUT2D eigenvalue weighted by atomic mass is 10.3. The maximum atomic E-state index is 11.7. The summed E-state index contributed by atoms with van der Waals surface area (Å²) < 4.78 is 4.98. The van der Waals surface area contributed by atoms with E-state index >= 15 is 0 Å². The average molecular weight is 251 g/mol. The molecule has 0 aliphatic heterocycles. The lowest BCUT2D eigenvalue weighted by Crippen LogP contribution is -2.23. The molecule has 0 saturated carbocycles. The largest absolute Gasteiger partial charge is 0.372 e. The molecule has 1 aromatic rings. The van der Waals surface area contributed by atoms with Crippen LogP contribution >= 0.6 is 0 Å². The van der Waals surface area contributed by atoms with Crippen LogP contribution in [-0.4, -0.2) is 49.0 Å². The summed E-state index contributed by atoms with van der Waals surface area (Å²) in [4.78, 5) is 28.5. The molecular weight excluding hydrogens is 234 g/mol. The summed E-state index contributed by atoms with van der Waals surface area (Å²) in [7, 11) is 3.29. The quantitative estimate of drug-likeness (QED) is 0.838. The topological polar surface area (TPSA) is 71.5 Å². The smallest absolute Gasteiger partial charge is 0.272 e. The Hall–Kier alpha value is -1.95. The van der Waals surface area contributed by atoms with Crippen molar-refractivity contribution in [1.29, 1.82) is 0 Å². The van der Waals surface area contributed by atoms with Gasteiger partial charge in [0.15, 0.2) is 0 Å². The second kappa shape index (κ2) is 6.70. The van der Waals surface area contributed by atoms with Crippen molar-refractivity contribution in [3.63, 3.8) is 0 Å². The maximum Gasteiger partial charge on any atom is 0.272 e. The molecule has 0 aliphatic carbocycles. The van der Waals surface area contributed by atoms with Crippen molar-refractivity contribution in [2.75, 3.05) is 32.6 Å². The fourth-order valence-electron chi connectivity index (χ4n) is 1.25. The number of aromatic nitrogens is 1. The van der Waals surface area contributed by atoms with Crippen LogP contribution < -0.4 is 5.32 Å². The minimum absolute atomic E-state index is 0.00418. The first-order chi connectivity index (χ1) is 8.54. The SMILES string of the molecule is CCOCC(=O)Nc1ccnc(C(=O)N(C)C)c1. The molecule has 1 rings (SSSR count). The lowest BCUT2D eigenvalue weighted by molar-refractivity contribution is -0.120. The van der Waals surface area contributed by atoms with E-state index in [9.17, 15) is 9.59 Å². The van der Waals surface area contributed by atoms with Gasteiger partial charge in [-0.05, 0) is 19.1 Å². The van der Waals surface area contributed by atoms with Gasteiger partial charge in [-0.2, -0.15) is 0 Å². The van der Waals surface area contributed by atoms with E-state index in [1.807, 2.05) is 6.92 Å². The molecule has 0 bridgehead atoms. The Balaban J connectivity index is 2.70. The number of pyridine rings is 1. The number of anilines is 1. The lowest BCUT2D eigenvalue weighted by Gasteiger charge is -2.10. The van der Waals surface area contributed by atoms with Crippen molar-refractivity contribution in [1.82, 2.24) is 9.88 Å². The molecule has 0 unspecified atom stereocenters. The van der Waals surface area contributed by atoms with Gasteiger partial charge in [0.2, 0.25) is 5.91 Å². The van der Waals surface area contributed by atoms with E-state index in [0.29, 0.717) is 12.3 Å². The Bertz CT molecular complexity index is 432. The molecule has 0 aliphatic rings. The molecule has 0 fully saturated rings. The summed E-state index contributed by atoms with van der Waals surface area (Å²) in [6.45, 7) is 2.29. The number of rotatable bonds is 5. The molecule has 0 saturated heterocycles. The highest BCUT2D eigenvalue weighted by molar-refractivity contribution is 5.95. The number of amides is 2. The van der Waals surface area contributed by atoms with Gasteiger partial charge in [-0.15, -0.1) is 0 Å². The van der Waals surface area contributed by atoms with E-state index < -0.39 is 0 Å². The first kappa shape index (κ1) is 14.1. The normalized spacial score (nSPS) is 9.94. The fraction of sp³-hybridized carbons (Fsp3) is 0.417. The molecule has 1 heterocycles. The van der Waals surface area contributed by atoms with Gasteiger partial charge >= 0.3 is 0 Å². The van der Waals surface area contributed by atoms with Crippen LogP contribution in [0.1, 0.15) is 17.4 Å². The van der Waals surface area contributed by atoms with Crippen molar-refractivity contribution >= 4 is 17.5 Å². The zero-order chi connectivity index (χ0) is 13.5. The summed E-state index contributed by atoms with van der Waals surface area (Å²) in [5.41, 5.74) is 0.814. The van der Waals surface area contributed by atoms with E-state index in [1.54, 1.807) is 20.2 Å². The monoisotopic (exact) mass is 251 g/mol. The number of nitrogens with zero attached hydrogens (tertiary/aromatic N) is 2. The Morgan fingerprint density at radius 2 is 2.17 bits per heavy atom. The average Bonchev–Trinajstić information content (AvgIpc) is 2.35. The van der Waals surface area contributed by atoms with Gasteiger partial charge in [-0.3, -0.25) is 14.6 Å². The molecule has 2 amide bonds. The molecule has 98 valence electrons. The molecule has 0 atom stereocenters. The van der Waals surface area contributed by atoms with Gasteiger partial charge in [-0.1, -0.05) is 0 Å². The molecule has 18 heavy (non-hydrogen) atoms. The predicted octanol–water partition coefficient (Wildman–Crippen LogP) is 0.758. The van der Waals surface area contributed by atoms with Crippen LogP contribution in [0.25, 0.3) is 0 Å². The molecule has 6 nitrogen and oxygen atoms in total. The van der Waals surface area contributed by atoms with Crippen molar-refractivity contribution in [3.8, 4) is 0 Å². The van der Waals surface area contributed by atoms with Gasteiger partial charge in [0, 0.05) is 32.6 Å². The molecule has 0 radical (unpaired) electrons. The van der Waals surface area contributed by atoms with E-state index in [4.69, 9.17) is 4.74 Å². The molecule has 0 aromatic carbocycles. The number of hydrogen-bond acceptors (Lipinski definition) is 4. The molecule has 1 N–H and O–H groups in total. The minimum atomic E-state index is -0.258. The fourth-order valence-corrected chi connectivity index (χ4v) is 1.25. The van der Waals surface area contributed by atoms with Gasteiger partial charge in [-0.25, -0.2) is 0 Å². The molecular formula is C12H17N3O3. The number of carbonyl (C=O) groups is 2. The summed E-state index contributed by atoms with van der Waals surface area (Å²) in [6, 6.07) is 3.16. The summed E-state index contributed by atoms with van der Waals surface area (Å²) in [5, 5.41) is 2.64. The van der Waals surface area contributed by atoms with E-state index in [2.05, 4.69) is 10.3 Å². The third kappa shape index (κ3) is 4.14. The van der Waals surface area contributed by atoms with Crippen LogP contribution in [-0.2, 0) is 9.53 Å². The predicted molar refractivity (Wildman–Crippen MR) is 67.4 cm³/mol. The molecule has 6 heteroatoms. The highest BCUT2D eigenvalue weighted by Gasteiger charge is 2.10. The van der Waals surface area contributed by atoms with Gasteiger partial charge < -0.3 is 15.0 Å². The van der Waals surface area contributed by atoms with Crippen molar-refractivity contribution in [2.24, 2.45) is 0 Å². The van der Waals surface area contributed by atoms with Crippen molar-refractivity contribution < 1.29 is 14.3 Å². The first-order valence-electron chi connectivity index (χ1n) is 5.60. The first-order valence-corrected chi connectivity index (χ1v) is 5.60. The van der Waals surface area contributed by atoms with E-state index in [-0.39, 0.29) is 24.1 Å². The zero-order valence-electron chi connectivity index (χ0n) is 10.8. The highest BCUT2D eigenvalue weighted by Crippen LogP contribution is 2.09. The van der Waals surface area contributed by atoms with Crippen LogP contribution in [0, 0.1) is 0 Å². The van der Waals surface area contributed by atoms with Crippen LogP contribution in [0.4, 0.5) is 5.69 Å². The second-order valence-corrected chi connectivity index (χ2v) is 3.81. The van der Waals surface area contributed by atoms with Crippen molar-refractivity contribution in [3.05, 3.63) is 24.0 Å². The minimum Gasteiger partial charge on any atom is -0.372 e. The third-order valence-corrected chi connectivity index (χ3v) is 2.11. The Labute approximate surface area is 106 Å². The van der Waals surface area contributed by atoms with E-state index in [1.165, 1.54) is 17.2 Å². The molecule has 1 aromatic heterocycles. The van der Waals surface area contributed by atoms with Crippen LogP contribution in [0.2, 0.25) is 0 Å². The number of nitrogens with one attached hydrogen (secondary N) is 1. The second-order valence-electron chi connectivity index (χ2n) is 3.81. The van der Waals surface area contributed by atoms with Crippen molar-refractivity contribution in [2.45, 2.75) is 6.92 Å². The highest BCUT2D eigenvalue weighted by atomic mass is 16.5. The number of carbonyl (C=O) groups excluding carboxylic acids is 2. The van der Waals surface area contributed by atoms with Gasteiger partial charge in [0.1, 0.15) is 12.3 Å². The summed E-state index contributed by atoms with van der Waals surface area (Å²) >= 11 is 0. The third-order valence-electron chi connectivity index (χ3n) is 2.11. The maximum absolute atomic E-state index is 11.7. The zero-order valence-corrected chi connectivity index (χ0v) is 10.8. The van der Waals surface area contributed by atoms with Gasteiger partial charge in [0.25, 0.3) is 5.91 Å². The van der Waals surface area contributed by atoms with Crippen LogP contribution in [0.5, 0.6) is 0 Å². The summed E-state index contributed by atoms with van der Waals surface area (Å²) in [5.74, 6) is -0.470. The Morgan fingerprint density at radius 1 is 1.44 bits per heavy atom. The van der Waals surface area contributed by atoms with Crippen LogP contribution in [0.15, 0.2) is 18.3 Å².